The van der Waals surface area contributed by atoms with Crippen LogP contribution in [-0.4, -0.2) is 11.9 Å². The monoisotopic (exact) mass is 223 g/mol. The van der Waals surface area contributed by atoms with Crippen LogP contribution < -0.4 is 16.8 Å². The van der Waals surface area contributed by atoms with E-state index in [1.165, 1.54) is 6.07 Å². The van der Waals surface area contributed by atoms with Gasteiger partial charge in [0.05, 0.1) is 11.3 Å². The molecule has 0 radical (unpaired) electrons. The van der Waals surface area contributed by atoms with Gasteiger partial charge in [-0.1, -0.05) is 0 Å². The van der Waals surface area contributed by atoms with Crippen LogP contribution in [-0.2, 0) is 0 Å². The zero-order valence-electron chi connectivity index (χ0n) is 8.79. The van der Waals surface area contributed by atoms with Crippen molar-refractivity contribution in [1.29, 1.82) is 0 Å². The summed E-state index contributed by atoms with van der Waals surface area (Å²) in [5.41, 5.74) is 11.2. The second-order valence-electron chi connectivity index (χ2n) is 4.06. The Balaban J connectivity index is 2.28. The van der Waals surface area contributed by atoms with E-state index in [1.807, 2.05) is 0 Å². The number of primary amides is 1. The van der Waals surface area contributed by atoms with Crippen molar-refractivity contribution in [2.75, 3.05) is 11.1 Å². The summed E-state index contributed by atoms with van der Waals surface area (Å²) in [4.78, 5) is 11.0. The zero-order valence-corrected chi connectivity index (χ0v) is 8.79. The summed E-state index contributed by atoms with van der Waals surface area (Å²) in [6.45, 7) is 0. The van der Waals surface area contributed by atoms with E-state index in [4.69, 9.17) is 11.5 Å². The number of nitrogen functional groups attached to an aromatic ring is 1. The predicted molar refractivity (Wildman–Crippen MR) is 60.6 cm³/mol. The van der Waals surface area contributed by atoms with Crippen LogP contribution in [0.2, 0.25) is 0 Å². The minimum absolute atomic E-state index is 0.0733. The van der Waals surface area contributed by atoms with Gasteiger partial charge in [-0.05, 0) is 31.4 Å². The molecular weight excluding hydrogens is 209 g/mol. The molecule has 0 aliphatic heterocycles. The summed E-state index contributed by atoms with van der Waals surface area (Å²) < 4.78 is 13.5. The molecule has 86 valence electrons. The molecule has 0 heterocycles. The molecule has 1 aliphatic rings. The average molecular weight is 223 g/mol. The van der Waals surface area contributed by atoms with E-state index in [-0.39, 0.29) is 11.3 Å². The van der Waals surface area contributed by atoms with Crippen molar-refractivity contribution in [2.45, 2.75) is 25.3 Å². The number of nitrogens with two attached hydrogens (primary N) is 2. The van der Waals surface area contributed by atoms with Crippen molar-refractivity contribution in [3.8, 4) is 0 Å². The van der Waals surface area contributed by atoms with E-state index in [9.17, 15) is 9.18 Å². The van der Waals surface area contributed by atoms with Crippen molar-refractivity contribution >= 4 is 17.3 Å². The number of benzene rings is 1. The second kappa shape index (κ2) is 4.00. The van der Waals surface area contributed by atoms with Crippen LogP contribution in [0.3, 0.4) is 0 Å². The molecule has 1 aromatic rings. The Morgan fingerprint density at radius 2 is 2.12 bits per heavy atom. The summed E-state index contributed by atoms with van der Waals surface area (Å²) in [5, 5.41) is 3.03. The molecule has 16 heavy (non-hydrogen) atoms. The highest BCUT2D eigenvalue weighted by atomic mass is 19.1. The number of amides is 1. The van der Waals surface area contributed by atoms with Crippen LogP contribution in [0.4, 0.5) is 15.8 Å². The maximum Gasteiger partial charge on any atom is 0.250 e. The van der Waals surface area contributed by atoms with Gasteiger partial charge in [-0.2, -0.15) is 0 Å². The van der Waals surface area contributed by atoms with E-state index in [0.717, 1.165) is 25.3 Å². The van der Waals surface area contributed by atoms with Gasteiger partial charge in [0, 0.05) is 11.7 Å². The van der Waals surface area contributed by atoms with Crippen LogP contribution >= 0.6 is 0 Å². The van der Waals surface area contributed by atoms with E-state index in [2.05, 4.69) is 5.32 Å². The van der Waals surface area contributed by atoms with E-state index in [0.29, 0.717) is 11.7 Å². The lowest BCUT2D eigenvalue weighted by Crippen LogP contribution is -2.27. The summed E-state index contributed by atoms with van der Waals surface area (Å²) in [6.07, 6.45) is 3.20. The maximum absolute atomic E-state index is 13.5. The molecule has 0 atom stereocenters. The van der Waals surface area contributed by atoms with Crippen LogP contribution in [0.15, 0.2) is 12.1 Å². The number of hydrogen-bond acceptors (Lipinski definition) is 3. The fourth-order valence-corrected chi connectivity index (χ4v) is 1.69. The molecule has 0 unspecified atom stereocenters. The Morgan fingerprint density at radius 3 is 2.62 bits per heavy atom. The highest BCUT2D eigenvalue weighted by molar-refractivity contribution is 5.99. The molecular formula is C11H14FN3O. The molecule has 1 aromatic carbocycles. The fourth-order valence-electron chi connectivity index (χ4n) is 1.69. The Hall–Kier alpha value is -1.78. The van der Waals surface area contributed by atoms with Crippen LogP contribution in [0.5, 0.6) is 0 Å². The Morgan fingerprint density at radius 1 is 1.44 bits per heavy atom. The van der Waals surface area contributed by atoms with Crippen molar-refractivity contribution in [1.82, 2.24) is 0 Å². The summed E-state index contributed by atoms with van der Waals surface area (Å²) in [6, 6.07) is 2.80. The lowest BCUT2D eigenvalue weighted by molar-refractivity contribution is 0.100. The molecule has 1 saturated carbocycles. The molecule has 0 spiro atoms. The van der Waals surface area contributed by atoms with E-state index >= 15 is 0 Å². The van der Waals surface area contributed by atoms with E-state index < -0.39 is 11.7 Å². The molecule has 5 heteroatoms. The number of anilines is 2. The first-order chi connectivity index (χ1) is 7.58. The molecule has 1 amide bonds. The first-order valence-corrected chi connectivity index (χ1v) is 5.23. The Kier molecular flexibility index (Phi) is 2.68. The smallest absolute Gasteiger partial charge is 0.250 e. The number of carbonyl (C=O) groups is 1. The third-order valence-electron chi connectivity index (χ3n) is 2.87. The number of rotatable bonds is 3. The fraction of sp³-hybridized carbons (Fsp3) is 0.364. The standard InChI is InChI=1S/C11H14FN3O/c12-8-5-9(13)7(11(14)16)4-10(8)15-6-2-1-3-6/h4-6,15H,1-3,13H2,(H2,14,16). The minimum atomic E-state index is -0.644. The summed E-state index contributed by atoms with van der Waals surface area (Å²) in [7, 11) is 0. The average Bonchev–Trinajstić information content (AvgIpc) is 2.13. The van der Waals surface area contributed by atoms with Gasteiger partial charge in [-0.25, -0.2) is 4.39 Å². The third kappa shape index (κ3) is 1.93. The van der Waals surface area contributed by atoms with Gasteiger partial charge >= 0.3 is 0 Å². The summed E-state index contributed by atoms with van der Waals surface area (Å²) >= 11 is 0. The number of nitrogens with one attached hydrogen (secondary N) is 1. The van der Waals surface area contributed by atoms with Gasteiger partial charge in [0.2, 0.25) is 0 Å². The molecule has 0 bridgehead atoms. The first-order valence-electron chi connectivity index (χ1n) is 5.23. The van der Waals surface area contributed by atoms with Gasteiger partial charge in [0.15, 0.2) is 0 Å². The molecule has 1 fully saturated rings. The van der Waals surface area contributed by atoms with Crippen molar-refractivity contribution in [3.05, 3.63) is 23.5 Å². The number of halogens is 1. The SMILES string of the molecule is NC(=O)c1cc(NC2CCC2)c(F)cc1N. The van der Waals surface area contributed by atoms with Gasteiger partial charge < -0.3 is 16.8 Å². The largest absolute Gasteiger partial charge is 0.398 e. The highest BCUT2D eigenvalue weighted by Gasteiger charge is 2.19. The molecule has 1 aliphatic carbocycles. The van der Waals surface area contributed by atoms with Gasteiger partial charge in [-0.15, -0.1) is 0 Å². The van der Waals surface area contributed by atoms with Crippen molar-refractivity contribution in [3.63, 3.8) is 0 Å². The minimum Gasteiger partial charge on any atom is -0.398 e. The highest BCUT2D eigenvalue weighted by Crippen LogP contribution is 2.27. The molecule has 2 rings (SSSR count). The Labute approximate surface area is 92.8 Å². The third-order valence-corrected chi connectivity index (χ3v) is 2.87. The molecule has 0 aromatic heterocycles. The lowest BCUT2D eigenvalue weighted by Gasteiger charge is -2.27. The quantitative estimate of drug-likeness (QED) is 0.679. The van der Waals surface area contributed by atoms with Gasteiger partial charge in [0.1, 0.15) is 5.82 Å². The lowest BCUT2D eigenvalue weighted by atomic mass is 9.93. The topological polar surface area (TPSA) is 81.1 Å². The van der Waals surface area contributed by atoms with Crippen molar-refractivity contribution < 1.29 is 9.18 Å². The molecule has 0 saturated heterocycles. The van der Waals surface area contributed by atoms with Gasteiger partial charge in [0.25, 0.3) is 5.91 Å². The zero-order chi connectivity index (χ0) is 11.7. The number of carbonyl (C=O) groups excluding carboxylic acids is 1. The number of hydrogen-bond donors (Lipinski definition) is 3. The van der Waals surface area contributed by atoms with Crippen LogP contribution in [0, 0.1) is 5.82 Å². The Bertz CT molecular complexity index is 429. The normalized spacial score (nSPS) is 15.6. The van der Waals surface area contributed by atoms with E-state index in [1.54, 1.807) is 0 Å². The summed E-state index contributed by atoms with van der Waals surface area (Å²) in [5.74, 6) is -1.09. The second-order valence-corrected chi connectivity index (χ2v) is 4.06. The first kappa shape index (κ1) is 10.7. The van der Waals surface area contributed by atoms with Gasteiger partial charge in [-0.3, -0.25) is 4.79 Å². The van der Waals surface area contributed by atoms with Crippen LogP contribution in [0.25, 0.3) is 0 Å². The van der Waals surface area contributed by atoms with Crippen molar-refractivity contribution in [2.24, 2.45) is 5.73 Å². The predicted octanol–water partition coefficient (Wildman–Crippen LogP) is 1.47. The van der Waals surface area contributed by atoms with Crippen LogP contribution in [0.1, 0.15) is 29.6 Å². The molecule has 5 N–H and O–H groups in total. The molecule has 4 nitrogen and oxygen atoms in total. The maximum atomic E-state index is 13.5.